The minimum atomic E-state index is -0.502. The monoisotopic (exact) mass is 479 g/mol. The topological polar surface area (TPSA) is 93.5 Å². The number of carbonyl (C=O) groups is 1. The van der Waals surface area contributed by atoms with Crippen molar-refractivity contribution in [3.8, 4) is 5.75 Å². The summed E-state index contributed by atoms with van der Waals surface area (Å²) in [6, 6.07) is 10.9. The Balaban J connectivity index is 1.91. The summed E-state index contributed by atoms with van der Waals surface area (Å²) < 4.78 is 6.42. The number of nitro groups is 1. The zero-order valence-electron chi connectivity index (χ0n) is 15.9. The number of amides is 1. The van der Waals surface area contributed by atoms with Gasteiger partial charge in [0.25, 0.3) is 11.6 Å². The molecule has 0 atom stereocenters. The lowest BCUT2D eigenvalue weighted by Gasteiger charge is -2.11. The molecule has 0 bridgehead atoms. The number of nitrogens with zero attached hydrogens (tertiary/aromatic N) is 1. The van der Waals surface area contributed by atoms with E-state index < -0.39 is 10.8 Å². The molecule has 0 unspecified atom stereocenters. The lowest BCUT2D eigenvalue weighted by molar-refractivity contribution is -0.384. The van der Waals surface area contributed by atoms with Crippen LogP contribution in [0.1, 0.15) is 43.0 Å². The summed E-state index contributed by atoms with van der Waals surface area (Å²) in [5, 5.41) is 16.2. The number of carbonyl (C=O) groups excluding carboxylic acids is 1. The van der Waals surface area contributed by atoms with Gasteiger partial charge in [-0.3, -0.25) is 20.2 Å². The highest BCUT2D eigenvalue weighted by Gasteiger charge is 2.12. The van der Waals surface area contributed by atoms with Gasteiger partial charge in [0, 0.05) is 23.4 Å². The molecule has 0 aliphatic carbocycles. The molecule has 0 radical (unpaired) electrons. The van der Waals surface area contributed by atoms with Crippen molar-refractivity contribution >= 4 is 50.5 Å². The number of benzene rings is 2. The van der Waals surface area contributed by atoms with Crippen molar-refractivity contribution in [2.75, 3.05) is 11.9 Å². The third-order valence-corrected chi connectivity index (χ3v) is 4.82. The van der Waals surface area contributed by atoms with E-state index in [9.17, 15) is 14.9 Å². The van der Waals surface area contributed by atoms with Crippen LogP contribution < -0.4 is 15.4 Å². The first-order valence-electron chi connectivity index (χ1n) is 9.20. The van der Waals surface area contributed by atoms with Gasteiger partial charge in [0.1, 0.15) is 5.75 Å². The highest BCUT2D eigenvalue weighted by Crippen LogP contribution is 2.26. The van der Waals surface area contributed by atoms with Crippen molar-refractivity contribution in [2.24, 2.45) is 0 Å². The zero-order chi connectivity index (χ0) is 21.2. The summed E-state index contributed by atoms with van der Waals surface area (Å²) in [6.07, 6.45) is 4.48. The first kappa shape index (κ1) is 22.8. The van der Waals surface area contributed by atoms with E-state index in [1.54, 1.807) is 24.3 Å². The normalized spacial score (nSPS) is 10.3. The highest BCUT2D eigenvalue weighted by molar-refractivity contribution is 9.10. The van der Waals surface area contributed by atoms with E-state index in [1.807, 2.05) is 0 Å². The molecule has 1 amide bonds. The molecule has 154 valence electrons. The second-order valence-electron chi connectivity index (χ2n) is 6.27. The maximum atomic E-state index is 12.4. The number of non-ortho nitro benzene ring substituents is 1. The highest BCUT2D eigenvalue weighted by atomic mass is 79.9. The summed E-state index contributed by atoms with van der Waals surface area (Å²) in [7, 11) is 0. The number of nitro benzene ring substituents is 1. The van der Waals surface area contributed by atoms with Gasteiger partial charge < -0.3 is 10.1 Å². The number of hydrogen-bond acceptors (Lipinski definition) is 5. The number of thiocarbonyl (C=S) groups is 1. The molecule has 0 saturated carbocycles. The van der Waals surface area contributed by atoms with Crippen LogP contribution >= 0.6 is 28.1 Å². The molecule has 0 saturated heterocycles. The van der Waals surface area contributed by atoms with E-state index in [4.69, 9.17) is 17.0 Å². The van der Waals surface area contributed by atoms with Gasteiger partial charge in [-0.25, -0.2) is 0 Å². The fourth-order valence-corrected chi connectivity index (χ4v) is 3.21. The first-order chi connectivity index (χ1) is 13.9. The summed E-state index contributed by atoms with van der Waals surface area (Å²) in [4.78, 5) is 22.7. The Hall–Kier alpha value is -2.52. The SMILES string of the molecule is CCCCCCOc1ccc(C(=O)NC(=S)Nc2cccc([N+](=O)[O-])c2)cc1Br. The number of hydrogen-bond donors (Lipinski definition) is 2. The quantitative estimate of drug-likeness (QED) is 0.215. The minimum absolute atomic E-state index is 0.0443. The van der Waals surface area contributed by atoms with Crippen LogP contribution in [0.5, 0.6) is 5.75 Å². The van der Waals surface area contributed by atoms with Gasteiger partial charge in [0.05, 0.1) is 16.0 Å². The van der Waals surface area contributed by atoms with Crippen molar-refractivity contribution < 1.29 is 14.5 Å². The van der Waals surface area contributed by atoms with E-state index in [-0.39, 0.29) is 10.8 Å². The van der Waals surface area contributed by atoms with Crippen LogP contribution in [0.4, 0.5) is 11.4 Å². The summed E-state index contributed by atoms with van der Waals surface area (Å²) in [5.74, 6) is 0.276. The Bertz CT molecular complexity index is 892. The molecule has 0 fully saturated rings. The Morgan fingerprint density at radius 2 is 2.00 bits per heavy atom. The van der Waals surface area contributed by atoms with Crippen LogP contribution in [0, 0.1) is 10.1 Å². The van der Waals surface area contributed by atoms with Crippen LogP contribution in [-0.4, -0.2) is 22.5 Å². The molecule has 0 heterocycles. The predicted molar refractivity (Wildman–Crippen MR) is 121 cm³/mol. The zero-order valence-corrected chi connectivity index (χ0v) is 18.3. The van der Waals surface area contributed by atoms with Crippen molar-refractivity contribution in [1.29, 1.82) is 0 Å². The Morgan fingerprint density at radius 1 is 1.21 bits per heavy atom. The maximum absolute atomic E-state index is 12.4. The molecule has 9 heteroatoms. The molecule has 0 spiro atoms. The lowest BCUT2D eigenvalue weighted by Crippen LogP contribution is -2.34. The molecular formula is C20H22BrN3O4S. The Kier molecular flexibility index (Phi) is 9.01. The molecular weight excluding hydrogens is 458 g/mol. The third-order valence-electron chi connectivity index (χ3n) is 3.99. The van der Waals surface area contributed by atoms with Gasteiger partial charge in [0.15, 0.2) is 5.11 Å². The van der Waals surface area contributed by atoms with E-state index in [0.717, 1.165) is 12.8 Å². The van der Waals surface area contributed by atoms with Gasteiger partial charge in [0.2, 0.25) is 0 Å². The molecule has 0 aliphatic heterocycles. The fourth-order valence-electron chi connectivity index (χ4n) is 2.50. The smallest absolute Gasteiger partial charge is 0.271 e. The van der Waals surface area contributed by atoms with Crippen LogP contribution in [0.15, 0.2) is 46.9 Å². The fraction of sp³-hybridized carbons (Fsp3) is 0.300. The predicted octanol–water partition coefficient (Wildman–Crippen LogP) is 5.44. The largest absolute Gasteiger partial charge is 0.492 e. The summed E-state index contributed by atoms with van der Waals surface area (Å²) in [5.41, 5.74) is 0.745. The summed E-state index contributed by atoms with van der Waals surface area (Å²) >= 11 is 8.55. The van der Waals surface area contributed by atoms with Crippen LogP contribution in [-0.2, 0) is 0 Å². The van der Waals surface area contributed by atoms with Gasteiger partial charge >= 0.3 is 0 Å². The second-order valence-corrected chi connectivity index (χ2v) is 7.53. The first-order valence-corrected chi connectivity index (χ1v) is 10.4. The molecule has 2 rings (SSSR count). The molecule has 2 aromatic rings. The van der Waals surface area contributed by atoms with Gasteiger partial charge in [-0.15, -0.1) is 0 Å². The molecule has 7 nitrogen and oxygen atoms in total. The molecule has 2 N–H and O–H groups in total. The Morgan fingerprint density at radius 3 is 2.69 bits per heavy atom. The van der Waals surface area contributed by atoms with E-state index >= 15 is 0 Å². The molecule has 29 heavy (non-hydrogen) atoms. The summed E-state index contributed by atoms with van der Waals surface area (Å²) in [6.45, 7) is 2.79. The molecule has 0 aliphatic rings. The standard InChI is InChI=1S/C20H22BrN3O4S/c1-2-3-4-5-11-28-18-10-9-14(12-17(18)21)19(25)23-20(29)22-15-7-6-8-16(13-15)24(26)27/h6-10,12-13H,2-5,11H2,1H3,(H2,22,23,25,29). The average Bonchev–Trinajstić information content (AvgIpc) is 2.68. The third kappa shape index (κ3) is 7.43. The van der Waals surface area contributed by atoms with E-state index in [0.29, 0.717) is 28.1 Å². The van der Waals surface area contributed by atoms with Crippen LogP contribution in [0.2, 0.25) is 0 Å². The van der Waals surface area contributed by atoms with E-state index in [2.05, 4.69) is 33.5 Å². The van der Waals surface area contributed by atoms with Crippen molar-refractivity contribution in [2.45, 2.75) is 32.6 Å². The lowest BCUT2D eigenvalue weighted by atomic mass is 10.2. The number of ether oxygens (including phenoxy) is 1. The number of nitrogens with one attached hydrogen (secondary N) is 2. The molecule has 0 aromatic heterocycles. The number of anilines is 1. The van der Waals surface area contributed by atoms with Gasteiger partial charge in [-0.05, 0) is 58.8 Å². The van der Waals surface area contributed by atoms with E-state index in [1.165, 1.54) is 31.0 Å². The number of rotatable bonds is 9. The van der Waals surface area contributed by atoms with Crippen molar-refractivity contribution in [3.05, 3.63) is 62.6 Å². The van der Waals surface area contributed by atoms with Gasteiger partial charge in [-0.2, -0.15) is 0 Å². The number of halogens is 1. The Labute approximate surface area is 183 Å². The van der Waals surface area contributed by atoms with Crippen molar-refractivity contribution in [1.82, 2.24) is 5.32 Å². The average molecular weight is 480 g/mol. The van der Waals surface area contributed by atoms with Crippen LogP contribution in [0.25, 0.3) is 0 Å². The molecule has 2 aromatic carbocycles. The van der Waals surface area contributed by atoms with Gasteiger partial charge in [-0.1, -0.05) is 32.3 Å². The maximum Gasteiger partial charge on any atom is 0.271 e. The van der Waals surface area contributed by atoms with Crippen molar-refractivity contribution in [3.63, 3.8) is 0 Å². The van der Waals surface area contributed by atoms with Crippen LogP contribution in [0.3, 0.4) is 0 Å². The number of unbranched alkanes of at least 4 members (excludes halogenated alkanes) is 3. The second kappa shape index (κ2) is 11.5. The minimum Gasteiger partial charge on any atom is -0.492 e.